The normalized spacial score (nSPS) is 27.7. The third-order valence-electron chi connectivity index (χ3n) is 4.59. The number of rotatable bonds is 3. The topological polar surface area (TPSA) is 69.6 Å². The number of nitrogens with zero attached hydrogens (tertiary/aromatic N) is 1. The summed E-state index contributed by atoms with van der Waals surface area (Å²) in [5.41, 5.74) is -1.20. The Hall–Kier alpha value is -1.26. The van der Waals surface area contributed by atoms with Gasteiger partial charge in [-0.05, 0) is 44.9 Å². The van der Waals surface area contributed by atoms with E-state index in [0.29, 0.717) is 11.8 Å². The molecule has 1 fully saturated rings. The molecule has 5 heteroatoms. The monoisotopic (exact) mass is 270 g/mol. The van der Waals surface area contributed by atoms with Crippen molar-refractivity contribution < 1.29 is 14.7 Å². The summed E-state index contributed by atoms with van der Waals surface area (Å²) in [6.45, 7) is 7.50. The van der Waals surface area contributed by atoms with Crippen molar-refractivity contribution >= 4 is 12.0 Å². The van der Waals surface area contributed by atoms with Gasteiger partial charge >= 0.3 is 12.0 Å². The molecule has 0 heterocycles. The van der Waals surface area contributed by atoms with Crippen molar-refractivity contribution in [2.75, 3.05) is 7.05 Å². The van der Waals surface area contributed by atoms with E-state index < -0.39 is 11.5 Å². The molecule has 0 aliphatic heterocycles. The third kappa shape index (κ3) is 3.61. The van der Waals surface area contributed by atoms with Gasteiger partial charge in [0.2, 0.25) is 0 Å². The van der Waals surface area contributed by atoms with E-state index in [2.05, 4.69) is 19.2 Å². The molecule has 2 N–H and O–H groups in total. The number of likely N-dealkylation sites (N-methyl/N-ethyl adjacent to an activating group) is 1. The van der Waals surface area contributed by atoms with Gasteiger partial charge in [0, 0.05) is 13.1 Å². The molecular formula is C14H26N2O3. The Labute approximate surface area is 115 Å². The number of carbonyl (C=O) groups excluding carboxylic acids is 1. The van der Waals surface area contributed by atoms with E-state index in [-0.39, 0.29) is 12.1 Å². The average Bonchev–Trinajstić information content (AvgIpc) is 2.32. The third-order valence-corrected chi connectivity index (χ3v) is 4.59. The van der Waals surface area contributed by atoms with Crippen molar-refractivity contribution in [3.05, 3.63) is 0 Å². The predicted molar refractivity (Wildman–Crippen MR) is 74.0 cm³/mol. The van der Waals surface area contributed by atoms with Crippen LogP contribution >= 0.6 is 0 Å². The van der Waals surface area contributed by atoms with Crippen LogP contribution < -0.4 is 5.32 Å². The summed E-state index contributed by atoms with van der Waals surface area (Å²) in [6.07, 6.45) is 3.05. The lowest BCUT2D eigenvalue weighted by Crippen LogP contribution is -2.56. The number of carboxylic acids is 1. The minimum atomic E-state index is -1.20. The van der Waals surface area contributed by atoms with Crippen molar-refractivity contribution in [2.24, 2.45) is 11.8 Å². The summed E-state index contributed by atoms with van der Waals surface area (Å²) in [5.74, 6) is 0.286. The second kappa shape index (κ2) is 5.80. The molecule has 1 rings (SSSR count). The van der Waals surface area contributed by atoms with Gasteiger partial charge in [0.15, 0.2) is 0 Å². The maximum Gasteiger partial charge on any atom is 0.329 e. The summed E-state index contributed by atoms with van der Waals surface area (Å²) in [4.78, 5) is 24.5. The molecular weight excluding hydrogens is 244 g/mol. The molecule has 0 aromatic rings. The number of hydrogen-bond acceptors (Lipinski definition) is 2. The van der Waals surface area contributed by atoms with Gasteiger partial charge in [-0.1, -0.05) is 13.8 Å². The highest BCUT2D eigenvalue weighted by atomic mass is 16.4. The number of carboxylic acid groups (broad SMARTS) is 1. The first-order chi connectivity index (χ1) is 8.66. The van der Waals surface area contributed by atoms with E-state index in [1.165, 1.54) is 25.8 Å². The lowest BCUT2D eigenvalue weighted by Gasteiger charge is -2.36. The fourth-order valence-corrected chi connectivity index (χ4v) is 2.35. The highest BCUT2D eigenvalue weighted by Crippen LogP contribution is 2.29. The van der Waals surface area contributed by atoms with Crippen LogP contribution in [0.15, 0.2) is 0 Å². The number of amides is 2. The largest absolute Gasteiger partial charge is 0.480 e. The summed E-state index contributed by atoms with van der Waals surface area (Å²) in [7, 11) is 1.53. The molecule has 5 nitrogen and oxygen atoms in total. The first kappa shape index (κ1) is 15.8. The molecule has 3 atom stereocenters. The van der Waals surface area contributed by atoms with Crippen LogP contribution in [0.25, 0.3) is 0 Å². The molecule has 3 unspecified atom stereocenters. The van der Waals surface area contributed by atoms with Crippen LogP contribution in [0.1, 0.15) is 47.0 Å². The Morgan fingerprint density at radius 1 is 1.21 bits per heavy atom. The van der Waals surface area contributed by atoms with Crippen LogP contribution in [-0.2, 0) is 4.79 Å². The standard InChI is InChI=1S/C14H26N2O3/c1-9-6-7-11(8-10(9)2)15-13(19)16(5)14(3,4)12(17)18/h9-11H,6-8H2,1-5H3,(H,15,19)(H,17,18). The summed E-state index contributed by atoms with van der Waals surface area (Å²) < 4.78 is 0. The smallest absolute Gasteiger partial charge is 0.329 e. The fraction of sp³-hybridized carbons (Fsp3) is 0.857. The maximum atomic E-state index is 12.1. The van der Waals surface area contributed by atoms with Crippen LogP contribution in [0.2, 0.25) is 0 Å². The minimum Gasteiger partial charge on any atom is -0.480 e. The molecule has 0 bridgehead atoms. The van der Waals surface area contributed by atoms with E-state index in [1.807, 2.05) is 0 Å². The van der Waals surface area contributed by atoms with E-state index in [0.717, 1.165) is 19.3 Å². The number of aliphatic carboxylic acids is 1. The first-order valence-corrected chi connectivity index (χ1v) is 6.94. The molecule has 1 aliphatic carbocycles. The Balaban J connectivity index is 2.58. The number of urea groups is 1. The van der Waals surface area contributed by atoms with Crippen LogP contribution in [0, 0.1) is 11.8 Å². The van der Waals surface area contributed by atoms with Crippen LogP contribution in [0.3, 0.4) is 0 Å². The lowest BCUT2D eigenvalue weighted by molar-refractivity contribution is -0.146. The van der Waals surface area contributed by atoms with Crippen molar-refractivity contribution in [1.82, 2.24) is 10.2 Å². The molecule has 110 valence electrons. The number of carbonyl (C=O) groups is 2. The van der Waals surface area contributed by atoms with Gasteiger partial charge < -0.3 is 15.3 Å². The Morgan fingerprint density at radius 2 is 1.79 bits per heavy atom. The van der Waals surface area contributed by atoms with E-state index in [9.17, 15) is 9.59 Å². The van der Waals surface area contributed by atoms with Crippen molar-refractivity contribution in [3.8, 4) is 0 Å². The van der Waals surface area contributed by atoms with Crippen LogP contribution in [-0.4, -0.2) is 40.6 Å². The van der Waals surface area contributed by atoms with Gasteiger partial charge in [-0.25, -0.2) is 9.59 Å². The van der Waals surface area contributed by atoms with Gasteiger partial charge in [0.05, 0.1) is 0 Å². The molecule has 2 amide bonds. The van der Waals surface area contributed by atoms with E-state index >= 15 is 0 Å². The maximum absolute atomic E-state index is 12.1. The van der Waals surface area contributed by atoms with Crippen LogP contribution in [0.5, 0.6) is 0 Å². The quantitative estimate of drug-likeness (QED) is 0.827. The summed E-state index contributed by atoms with van der Waals surface area (Å²) in [5, 5.41) is 12.1. The zero-order valence-electron chi connectivity index (χ0n) is 12.6. The average molecular weight is 270 g/mol. The van der Waals surface area contributed by atoms with Gasteiger partial charge in [0.1, 0.15) is 5.54 Å². The second-order valence-corrected chi connectivity index (χ2v) is 6.34. The molecule has 0 radical (unpaired) electrons. The molecule has 1 aliphatic rings. The highest BCUT2D eigenvalue weighted by molar-refractivity contribution is 5.85. The Kier molecular flexibility index (Phi) is 4.82. The lowest BCUT2D eigenvalue weighted by atomic mass is 9.79. The Bertz CT molecular complexity index is 355. The number of hydrogen-bond donors (Lipinski definition) is 2. The second-order valence-electron chi connectivity index (χ2n) is 6.34. The van der Waals surface area contributed by atoms with Crippen LogP contribution in [0.4, 0.5) is 4.79 Å². The van der Waals surface area contributed by atoms with Gasteiger partial charge in [-0.3, -0.25) is 0 Å². The van der Waals surface area contributed by atoms with Gasteiger partial charge in [-0.2, -0.15) is 0 Å². The highest BCUT2D eigenvalue weighted by Gasteiger charge is 2.36. The molecule has 0 saturated heterocycles. The zero-order valence-corrected chi connectivity index (χ0v) is 12.6. The molecule has 0 spiro atoms. The van der Waals surface area contributed by atoms with Crippen molar-refractivity contribution in [2.45, 2.75) is 58.5 Å². The van der Waals surface area contributed by atoms with E-state index in [4.69, 9.17) is 5.11 Å². The van der Waals surface area contributed by atoms with Gasteiger partial charge in [0.25, 0.3) is 0 Å². The summed E-state index contributed by atoms with van der Waals surface area (Å²) >= 11 is 0. The predicted octanol–water partition coefficient (Wildman–Crippen LogP) is 2.32. The molecule has 0 aromatic carbocycles. The van der Waals surface area contributed by atoms with E-state index in [1.54, 1.807) is 0 Å². The van der Waals surface area contributed by atoms with Gasteiger partial charge in [-0.15, -0.1) is 0 Å². The molecule has 1 saturated carbocycles. The molecule has 0 aromatic heterocycles. The molecule has 19 heavy (non-hydrogen) atoms. The summed E-state index contributed by atoms with van der Waals surface area (Å²) in [6, 6.07) is -0.148. The fourth-order valence-electron chi connectivity index (χ4n) is 2.35. The minimum absolute atomic E-state index is 0.158. The Morgan fingerprint density at radius 3 is 2.26 bits per heavy atom. The SMILES string of the molecule is CC1CCC(NC(=O)N(C)C(C)(C)C(=O)O)CC1C. The number of nitrogens with one attached hydrogen (secondary N) is 1. The first-order valence-electron chi connectivity index (χ1n) is 6.94. The van der Waals surface area contributed by atoms with Crippen molar-refractivity contribution in [1.29, 1.82) is 0 Å². The van der Waals surface area contributed by atoms with Crippen molar-refractivity contribution in [3.63, 3.8) is 0 Å². The zero-order chi connectivity index (χ0) is 14.8.